The Labute approximate surface area is 74.5 Å². The van der Waals surface area contributed by atoms with Crippen LogP contribution in [0.4, 0.5) is 0 Å². The lowest BCUT2D eigenvalue weighted by Gasteiger charge is -2.02. The Morgan fingerprint density at radius 3 is 3.09 bits per heavy atom. The van der Waals surface area contributed by atoms with Gasteiger partial charge >= 0.3 is 0 Å². The molecule has 0 aliphatic heterocycles. The minimum atomic E-state index is 0.719. The molecule has 0 aromatic carbocycles. The molecule has 0 atom stereocenters. The lowest BCUT2D eigenvalue weighted by atomic mass is 10.6. The highest BCUT2D eigenvalue weighted by molar-refractivity contribution is 9.10. The molecule has 0 saturated carbocycles. The molecule has 1 heterocycles. The summed E-state index contributed by atoms with van der Waals surface area (Å²) in [7, 11) is 0. The average molecular weight is 219 g/mol. The fourth-order valence-electron chi connectivity index (χ4n) is 0.776. The van der Waals surface area contributed by atoms with Crippen LogP contribution in [0.15, 0.2) is 16.9 Å². The SMILES string of the molecule is CCOCCn1nccc1Br. The summed E-state index contributed by atoms with van der Waals surface area (Å²) in [5, 5.41) is 4.08. The van der Waals surface area contributed by atoms with Crippen LogP contribution in [0.5, 0.6) is 0 Å². The summed E-state index contributed by atoms with van der Waals surface area (Å²) in [6.07, 6.45) is 1.76. The molecule has 0 saturated heterocycles. The first-order valence-electron chi connectivity index (χ1n) is 3.59. The summed E-state index contributed by atoms with van der Waals surface area (Å²) in [4.78, 5) is 0. The quantitative estimate of drug-likeness (QED) is 0.720. The van der Waals surface area contributed by atoms with Crippen LogP contribution in [0.3, 0.4) is 0 Å². The molecule has 0 bridgehead atoms. The van der Waals surface area contributed by atoms with E-state index in [4.69, 9.17) is 4.74 Å². The Morgan fingerprint density at radius 2 is 2.55 bits per heavy atom. The van der Waals surface area contributed by atoms with Crippen LogP contribution in [-0.4, -0.2) is 23.0 Å². The van der Waals surface area contributed by atoms with Gasteiger partial charge in [-0.25, -0.2) is 0 Å². The first-order valence-corrected chi connectivity index (χ1v) is 4.39. The van der Waals surface area contributed by atoms with Crippen molar-refractivity contribution in [1.82, 2.24) is 9.78 Å². The van der Waals surface area contributed by atoms with Crippen molar-refractivity contribution in [2.24, 2.45) is 0 Å². The normalized spacial score (nSPS) is 10.4. The fraction of sp³-hybridized carbons (Fsp3) is 0.571. The minimum absolute atomic E-state index is 0.719. The Hall–Kier alpha value is -0.350. The predicted molar refractivity (Wildman–Crippen MR) is 46.4 cm³/mol. The third-order valence-electron chi connectivity index (χ3n) is 1.32. The second-order valence-electron chi connectivity index (χ2n) is 2.07. The topological polar surface area (TPSA) is 27.1 Å². The van der Waals surface area contributed by atoms with Crippen LogP contribution in [-0.2, 0) is 11.3 Å². The van der Waals surface area contributed by atoms with E-state index in [-0.39, 0.29) is 0 Å². The van der Waals surface area contributed by atoms with Crippen molar-refractivity contribution in [3.05, 3.63) is 16.9 Å². The lowest BCUT2D eigenvalue weighted by molar-refractivity contribution is 0.136. The van der Waals surface area contributed by atoms with Gasteiger partial charge < -0.3 is 4.74 Å². The molecule has 1 aromatic heterocycles. The van der Waals surface area contributed by atoms with E-state index in [0.717, 1.165) is 24.4 Å². The summed E-state index contributed by atoms with van der Waals surface area (Å²) in [6, 6.07) is 1.91. The number of rotatable bonds is 4. The number of ether oxygens (including phenoxy) is 1. The molecule has 11 heavy (non-hydrogen) atoms. The second-order valence-corrected chi connectivity index (χ2v) is 2.89. The molecule has 0 unspecified atom stereocenters. The zero-order valence-electron chi connectivity index (χ0n) is 6.46. The van der Waals surface area contributed by atoms with Gasteiger partial charge in [-0.3, -0.25) is 4.68 Å². The minimum Gasteiger partial charge on any atom is -0.380 e. The molecule has 1 aromatic rings. The highest BCUT2D eigenvalue weighted by Gasteiger charge is 1.96. The number of hydrogen-bond acceptors (Lipinski definition) is 2. The van der Waals surface area contributed by atoms with E-state index in [2.05, 4.69) is 21.0 Å². The fourth-order valence-corrected chi connectivity index (χ4v) is 1.16. The first-order chi connectivity index (χ1) is 5.34. The molecular formula is C7H11BrN2O. The summed E-state index contributed by atoms with van der Waals surface area (Å²) in [6.45, 7) is 4.27. The number of hydrogen-bond donors (Lipinski definition) is 0. The van der Waals surface area contributed by atoms with Crippen molar-refractivity contribution in [2.75, 3.05) is 13.2 Å². The molecule has 0 amide bonds. The first kappa shape index (κ1) is 8.74. The van der Waals surface area contributed by atoms with E-state index in [1.54, 1.807) is 6.20 Å². The second kappa shape index (κ2) is 4.51. The Balaban J connectivity index is 2.32. The molecular weight excluding hydrogens is 208 g/mol. The molecule has 0 radical (unpaired) electrons. The van der Waals surface area contributed by atoms with Crippen LogP contribution in [0, 0.1) is 0 Å². The molecule has 0 fully saturated rings. The molecule has 0 aliphatic carbocycles. The van der Waals surface area contributed by atoms with Gasteiger partial charge in [-0.2, -0.15) is 5.10 Å². The van der Waals surface area contributed by atoms with E-state index in [0.29, 0.717) is 0 Å². The Kier molecular flexibility index (Phi) is 3.59. The summed E-state index contributed by atoms with van der Waals surface area (Å²) in [5.41, 5.74) is 0. The van der Waals surface area contributed by atoms with Crippen LogP contribution in [0.25, 0.3) is 0 Å². The van der Waals surface area contributed by atoms with Crippen molar-refractivity contribution in [3.8, 4) is 0 Å². The van der Waals surface area contributed by atoms with Crippen molar-refractivity contribution in [1.29, 1.82) is 0 Å². The van der Waals surface area contributed by atoms with Gasteiger partial charge in [-0.1, -0.05) is 0 Å². The summed E-state index contributed by atoms with van der Waals surface area (Å²) < 4.78 is 8.03. The van der Waals surface area contributed by atoms with Gasteiger partial charge in [0.2, 0.25) is 0 Å². The lowest BCUT2D eigenvalue weighted by Crippen LogP contribution is -2.07. The molecule has 1 rings (SSSR count). The van der Waals surface area contributed by atoms with E-state index in [1.807, 2.05) is 17.7 Å². The van der Waals surface area contributed by atoms with Gasteiger partial charge in [0.1, 0.15) is 4.60 Å². The maximum atomic E-state index is 5.18. The average Bonchev–Trinajstić information content (AvgIpc) is 2.37. The largest absolute Gasteiger partial charge is 0.380 e. The van der Waals surface area contributed by atoms with Crippen LogP contribution >= 0.6 is 15.9 Å². The van der Waals surface area contributed by atoms with Gasteiger partial charge in [0.15, 0.2) is 0 Å². The van der Waals surface area contributed by atoms with E-state index in [9.17, 15) is 0 Å². The molecule has 62 valence electrons. The molecule has 4 heteroatoms. The Bertz CT molecular complexity index is 212. The van der Waals surface area contributed by atoms with Gasteiger partial charge in [-0.05, 0) is 28.9 Å². The maximum Gasteiger partial charge on any atom is 0.104 e. The molecule has 3 nitrogen and oxygen atoms in total. The van der Waals surface area contributed by atoms with Crippen LogP contribution < -0.4 is 0 Å². The van der Waals surface area contributed by atoms with Gasteiger partial charge in [0, 0.05) is 6.61 Å². The molecule has 0 N–H and O–H groups in total. The third-order valence-corrected chi connectivity index (χ3v) is 1.99. The monoisotopic (exact) mass is 218 g/mol. The van der Waals surface area contributed by atoms with Gasteiger partial charge in [-0.15, -0.1) is 0 Å². The van der Waals surface area contributed by atoms with Crippen molar-refractivity contribution in [3.63, 3.8) is 0 Å². The van der Waals surface area contributed by atoms with Crippen molar-refractivity contribution in [2.45, 2.75) is 13.5 Å². The molecule has 0 spiro atoms. The van der Waals surface area contributed by atoms with E-state index >= 15 is 0 Å². The Morgan fingerprint density at radius 1 is 1.73 bits per heavy atom. The summed E-state index contributed by atoms with van der Waals surface area (Å²) in [5.74, 6) is 0. The van der Waals surface area contributed by atoms with Crippen LogP contribution in [0.2, 0.25) is 0 Å². The highest BCUT2D eigenvalue weighted by atomic mass is 79.9. The van der Waals surface area contributed by atoms with Crippen molar-refractivity contribution < 1.29 is 4.74 Å². The zero-order valence-corrected chi connectivity index (χ0v) is 8.04. The van der Waals surface area contributed by atoms with E-state index in [1.165, 1.54) is 0 Å². The van der Waals surface area contributed by atoms with Crippen LogP contribution in [0.1, 0.15) is 6.92 Å². The number of halogens is 1. The van der Waals surface area contributed by atoms with E-state index < -0.39 is 0 Å². The zero-order chi connectivity index (χ0) is 8.10. The van der Waals surface area contributed by atoms with Gasteiger partial charge in [0.25, 0.3) is 0 Å². The smallest absolute Gasteiger partial charge is 0.104 e. The molecule has 0 aliphatic rings. The standard InChI is InChI=1S/C7H11BrN2O/c1-2-11-6-5-10-7(8)3-4-9-10/h3-4H,2,5-6H2,1H3. The highest BCUT2D eigenvalue weighted by Crippen LogP contribution is 2.06. The third kappa shape index (κ3) is 2.63. The number of aromatic nitrogens is 2. The summed E-state index contributed by atoms with van der Waals surface area (Å²) >= 11 is 3.36. The van der Waals surface area contributed by atoms with Crippen molar-refractivity contribution >= 4 is 15.9 Å². The maximum absolute atomic E-state index is 5.18. The predicted octanol–water partition coefficient (Wildman–Crippen LogP) is 1.68. The number of nitrogens with zero attached hydrogens (tertiary/aromatic N) is 2. The van der Waals surface area contributed by atoms with Gasteiger partial charge in [0.05, 0.1) is 19.3 Å².